The molecule has 0 saturated carbocycles. The number of nitrogens with one attached hydrogen (secondary N) is 2. The van der Waals surface area contributed by atoms with Crippen molar-refractivity contribution < 1.29 is 4.79 Å². The number of carbonyl (C=O) groups is 1. The van der Waals surface area contributed by atoms with E-state index >= 15 is 0 Å². The largest absolute Gasteiger partial charge is 0.328 e. The van der Waals surface area contributed by atoms with Gasteiger partial charge in [-0.2, -0.15) is 0 Å². The van der Waals surface area contributed by atoms with Crippen LogP contribution in [0, 0.1) is 5.41 Å². The number of aromatic amines is 1. The van der Waals surface area contributed by atoms with Crippen LogP contribution in [0.25, 0.3) is 10.8 Å². The Kier molecular flexibility index (Phi) is 3.86. The molecule has 0 aliphatic heterocycles. The minimum atomic E-state index is -0.188. The molecule has 5 heteroatoms. The van der Waals surface area contributed by atoms with Crippen molar-refractivity contribution in [3.8, 4) is 0 Å². The summed E-state index contributed by atoms with van der Waals surface area (Å²) in [5, 5.41) is 4.81. The Morgan fingerprint density at radius 3 is 2.60 bits per heavy atom. The van der Waals surface area contributed by atoms with Crippen LogP contribution in [-0.4, -0.2) is 10.9 Å². The minimum absolute atomic E-state index is 0.0927. The van der Waals surface area contributed by atoms with Crippen molar-refractivity contribution in [3.63, 3.8) is 0 Å². The van der Waals surface area contributed by atoms with Gasteiger partial charge in [-0.1, -0.05) is 32.4 Å². The number of hydrogen-bond donors (Lipinski definition) is 2. The van der Waals surface area contributed by atoms with E-state index in [4.69, 9.17) is 11.6 Å². The number of rotatable bonds is 2. The SMILES string of the molecule is CC(C)(C)CC(=O)Nc1cc2cc(=O)[nH]cc2cc1Cl. The molecule has 1 amide bonds. The summed E-state index contributed by atoms with van der Waals surface area (Å²) in [6.07, 6.45) is 2.00. The molecule has 2 rings (SSSR count). The molecular weight excluding hydrogens is 276 g/mol. The minimum Gasteiger partial charge on any atom is -0.328 e. The summed E-state index contributed by atoms with van der Waals surface area (Å²) < 4.78 is 0. The Morgan fingerprint density at radius 1 is 1.25 bits per heavy atom. The molecule has 2 N–H and O–H groups in total. The summed E-state index contributed by atoms with van der Waals surface area (Å²) in [5.74, 6) is -0.0939. The Balaban J connectivity index is 2.32. The second-order valence-electron chi connectivity index (χ2n) is 6.04. The van der Waals surface area contributed by atoms with E-state index in [1.807, 2.05) is 20.8 Å². The molecule has 20 heavy (non-hydrogen) atoms. The Labute approximate surface area is 122 Å². The van der Waals surface area contributed by atoms with E-state index in [-0.39, 0.29) is 16.9 Å². The molecule has 4 nitrogen and oxygen atoms in total. The van der Waals surface area contributed by atoms with Crippen molar-refractivity contribution in [2.24, 2.45) is 5.41 Å². The van der Waals surface area contributed by atoms with E-state index in [2.05, 4.69) is 10.3 Å². The lowest BCUT2D eigenvalue weighted by atomic mass is 9.92. The molecule has 0 unspecified atom stereocenters. The van der Waals surface area contributed by atoms with Gasteiger partial charge in [-0.15, -0.1) is 0 Å². The number of benzene rings is 1. The van der Waals surface area contributed by atoms with Crippen molar-refractivity contribution in [2.75, 3.05) is 5.32 Å². The molecule has 0 bridgehead atoms. The normalized spacial score (nSPS) is 11.6. The van der Waals surface area contributed by atoms with Gasteiger partial charge >= 0.3 is 0 Å². The number of anilines is 1. The van der Waals surface area contributed by atoms with Crippen molar-refractivity contribution >= 4 is 34.0 Å². The van der Waals surface area contributed by atoms with E-state index in [9.17, 15) is 9.59 Å². The van der Waals surface area contributed by atoms with Crippen LogP contribution in [0.15, 0.2) is 29.2 Å². The number of amides is 1. The highest BCUT2D eigenvalue weighted by Gasteiger charge is 2.17. The van der Waals surface area contributed by atoms with Crippen LogP contribution < -0.4 is 10.9 Å². The van der Waals surface area contributed by atoms with Crippen LogP contribution in [0.2, 0.25) is 5.02 Å². The average Bonchev–Trinajstić information content (AvgIpc) is 2.28. The molecule has 0 saturated heterocycles. The Hall–Kier alpha value is -1.81. The number of aromatic nitrogens is 1. The molecule has 1 aromatic heterocycles. The van der Waals surface area contributed by atoms with E-state index in [1.165, 1.54) is 6.07 Å². The van der Waals surface area contributed by atoms with E-state index in [0.717, 1.165) is 10.8 Å². The predicted molar refractivity (Wildman–Crippen MR) is 82.3 cm³/mol. The Bertz CT molecular complexity index is 714. The zero-order valence-corrected chi connectivity index (χ0v) is 12.5. The lowest BCUT2D eigenvalue weighted by Gasteiger charge is -2.17. The fourth-order valence-electron chi connectivity index (χ4n) is 1.96. The fourth-order valence-corrected chi connectivity index (χ4v) is 2.18. The topological polar surface area (TPSA) is 62.0 Å². The van der Waals surface area contributed by atoms with Crippen LogP contribution in [0.1, 0.15) is 27.2 Å². The van der Waals surface area contributed by atoms with Crippen molar-refractivity contribution in [3.05, 3.63) is 39.8 Å². The average molecular weight is 293 g/mol. The number of pyridine rings is 1. The summed E-state index contributed by atoms with van der Waals surface area (Å²) in [6, 6.07) is 4.91. The van der Waals surface area contributed by atoms with Gasteiger partial charge in [-0.3, -0.25) is 9.59 Å². The molecule has 0 spiro atoms. The molecule has 0 atom stereocenters. The second kappa shape index (κ2) is 5.29. The van der Waals surface area contributed by atoms with E-state index in [0.29, 0.717) is 17.1 Å². The predicted octanol–water partition coefficient (Wildman–Crippen LogP) is 3.56. The molecule has 0 radical (unpaired) electrons. The molecule has 1 heterocycles. The molecule has 2 aromatic rings. The van der Waals surface area contributed by atoms with Crippen LogP contribution in [0.5, 0.6) is 0 Å². The van der Waals surface area contributed by atoms with Crippen molar-refractivity contribution in [1.29, 1.82) is 0 Å². The number of H-pyrrole nitrogens is 1. The van der Waals surface area contributed by atoms with Crippen molar-refractivity contribution in [2.45, 2.75) is 27.2 Å². The number of halogens is 1. The summed E-state index contributed by atoms with van der Waals surface area (Å²) in [6.45, 7) is 5.98. The first kappa shape index (κ1) is 14.6. The van der Waals surface area contributed by atoms with E-state index in [1.54, 1.807) is 18.3 Å². The molecule has 0 aliphatic rings. The van der Waals surface area contributed by atoms with Gasteiger partial charge in [0.05, 0.1) is 10.7 Å². The maximum absolute atomic E-state index is 11.9. The first-order valence-corrected chi connectivity index (χ1v) is 6.74. The summed E-state index contributed by atoms with van der Waals surface area (Å²) in [4.78, 5) is 25.9. The highest BCUT2D eigenvalue weighted by atomic mass is 35.5. The second-order valence-corrected chi connectivity index (χ2v) is 6.45. The zero-order chi connectivity index (χ0) is 14.9. The van der Waals surface area contributed by atoms with Gasteiger partial charge in [0.25, 0.3) is 0 Å². The van der Waals surface area contributed by atoms with Gasteiger partial charge in [-0.25, -0.2) is 0 Å². The maximum atomic E-state index is 11.9. The molecular formula is C15H17ClN2O2. The highest BCUT2D eigenvalue weighted by molar-refractivity contribution is 6.34. The third kappa shape index (κ3) is 3.61. The number of carbonyl (C=O) groups excluding carboxylic acids is 1. The van der Waals surface area contributed by atoms with Gasteiger partial charge in [-0.05, 0) is 28.3 Å². The van der Waals surface area contributed by atoms with Crippen LogP contribution in [0.3, 0.4) is 0 Å². The molecule has 0 fully saturated rings. The summed E-state index contributed by atoms with van der Waals surface area (Å²) in [5.41, 5.74) is 0.246. The molecule has 106 valence electrons. The fraction of sp³-hybridized carbons (Fsp3) is 0.333. The first-order valence-electron chi connectivity index (χ1n) is 6.36. The third-order valence-electron chi connectivity index (χ3n) is 2.79. The van der Waals surface area contributed by atoms with Crippen molar-refractivity contribution in [1.82, 2.24) is 4.98 Å². The lowest BCUT2D eigenvalue weighted by Crippen LogP contribution is -2.19. The van der Waals surface area contributed by atoms with Gasteiger partial charge < -0.3 is 10.3 Å². The van der Waals surface area contributed by atoms with Crippen LogP contribution in [-0.2, 0) is 4.79 Å². The monoisotopic (exact) mass is 292 g/mol. The lowest BCUT2D eigenvalue weighted by molar-refractivity contribution is -0.117. The van der Waals surface area contributed by atoms with Crippen LogP contribution >= 0.6 is 11.6 Å². The zero-order valence-electron chi connectivity index (χ0n) is 11.7. The summed E-state index contributed by atoms with van der Waals surface area (Å²) in [7, 11) is 0. The standard InChI is InChI=1S/C15H17ClN2O2/c1-15(2,3)7-14(20)18-12-5-9-6-13(19)17-8-10(9)4-11(12)16/h4-6,8H,7H2,1-3H3,(H,17,19)(H,18,20). The quantitative estimate of drug-likeness (QED) is 0.889. The Morgan fingerprint density at radius 2 is 1.95 bits per heavy atom. The smallest absolute Gasteiger partial charge is 0.248 e. The summed E-state index contributed by atoms with van der Waals surface area (Å²) >= 11 is 6.15. The van der Waals surface area contributed by atoms with Gasteiger partial charge in [0.1, 0.15) is 0 Å². The van der Waals surface area contributed by atoms with Gasteiger partial charge in [0.15, 0.2) is 0 Å². The third-order valence-corrected chi connectivity index (χ3v) is 3.11. The number of hydrogen-bond acceptors (Lipinski definition) is 2. The van der Waals surface area contributed by atoms with Gasteiger partial charge in [0, 0.05) is 18.7 Å². The van der Waals surface area contributed by atoms with Gasteiger partial charge in [0.2, 0.25) is 11.5 Å². The molecule has 0 aliphatic carbocycles. The maximum Gasteiger partial charge on any atom is 0.248 e. The number of fused-ring (bicyclic) bond motifs is 1. The van der Waals surface area contributed by atoms with Crippen LogP contribution in [0.4, 0.5) is 5.69 Å². The van der Waals surface area contributed by atoms with E-state index < -0.39 is 0 Å². The molecule has 1 aromatic carbocycles. The highest BCUT2D eigenvalue weighted by Crippen LogP contribution is 2.28. The first-order chi connectivity index (χ1) is 9.24.